The molecule has 0 radical (unpaired) electrons. The molecule has 7 nitrogen and oxygen atoms in total. The number of aliphatic imine (C=N–C) groups is 1. The van der Waals surface area contributed by atoms with Crippen LogP contribution in [0, 0.1) is 0 Å². The number of hydrogen-bond donors (Lipinski definition) is 2. The van der Waals surface area contributed by atoms with Crippen molar-refractivity contribution in [1.82, 2.24) is 30.3 Å². The number of aryl methyl sites for hydroxylation is 1. The molecule has 0 aliphatic heterocycles. The standard InChI is InChI=1S/C17H29N7S/c1-5-18-17(20-11-16-21-13-22-23(16)4)19-10-15(24(6-2)7-3)14-8-9-25-12-14/h8-9,12-13,15H,5-7,10-11H2,1-4H3,(H2,18,19,20). The summed E-state index contributed by atoms with van der Waals surface area (Å²) in [6.07, 6.45) is 1.55. The fourth-order valence-corrected chi connectivity index (χ4v) is 3.44. The molecule has 2 heterocycles. The smallest absolute Gasteiger partial charge is 0.191 e. The van der Waals surface area contributed by atoms with Crippen LogP contribution in [0.3, 0.4) is 0 Å². The first kappa shape index (κ1) is 19.4. The van der Waals surface area contributed by atoms with Crippen LogP contribution in [0.5, 0.6) is 0 Å². The van der Waals surface area contributed by atoms with Gasteiger partial charge in [-0.15, -0.1) is 0 Å². The Morgan fingerprint density at radius 1 is 1.32 bits per heavy atom. The van der Waals surface area contributed by atoms with Crippen LogP contribution in [-0.4, -0.2) is 51.8 Å². The van der Waals surface area contributed by atoms with E-state index in [2.05, 4.69) is 68.2 Å². The number of aromatic nitrogens is 3. The fraction of sp³-hybridized carbons (Fsp3) is 0.588. The Bertz CT molecular complexity index is 631. The zero-order chi connectivity index (χ0) is 18.1. The molecule has 1 unspecified atom stereocenters. The second-order valence-corrected chi connectivity index (χ2v) is 6.45. The molecule has 0 spiro atoms. The first-order valence-electron chi connectivity index (χ1n) is 8.80. The molecule has 0 amide bonds. The van der Waals surface area contributed by atoms with Crippen molar-refractivity contribution >= 4 is 17.3 Å². The van der Waals surface area contributed by atoms with Crippen molar-refractivity contribution in [2.45, 2.75) is 33.4 Å². The van der Waals surface area contributed by atoms with Crippen molar-refractivity contribution in [2.24, 2.45) is 12.0 Å². The summed E-state index contributed by atoms with van der Waals surface area (Å²) in [7, 11) is 1.88. The third kappa shape index (κ3) is 5.54. The van der Waals surface area contributed by atoms with Crippen LogP contribution in [0.25, 0.3) is 0 Å². The summed E-state index contributed by atoms with van der Waals surface area (Å²) in [6.45, 7) is 10.6. The van der Waals surface area contributed by atoms with Gasteiger partial charge in [-0.05, 0) is 42.4 Å². The Hall–Kier alpha value is -1.93. The maximum absolute atomic E-state index is 4.64. The lowest BCUT2D eigenvalue weighted by atomic mass is 10.1. The van der Waals surface area contributed by atoms with Crippen LogP contribution < -0.4 is 10.6 Å². The number of nitrogens with zero attached hydrogens (tertiary/aromatic N) is 5. The van der Waals surface area contributed by atoms with E-state index in [0.29, 0.717) is 12.6 Å². The van der Waals surface area contributed by atoms with E-state index in [0.717, 1.165) is 38.0 Å². The molecule has 0 bridgehead atoms. The second-order valence-electron chi connectivity index (χ2n) is 5.67. The highest BCUT2D eigenvalue weighted by Gasteiger charge is 2.18. The highest BCUT2D eigenvalue weighted by molar-refractivity contribution is 7.07. The first-order valence-corrected chi connectivity index (χ1v) is 9.75. The van der Waals surface area contributed by atoms with Gasteiger partial charge in [0.15, 0.2) is 5.96 Å². The molecule has 2 N–H and O–H groups in total. The van der Waals surface area contributed by atoms with E-state index in [4.69, 9.17) is 0 Å². The van der Waals surface area contributed by atoms with Gasteiger partial charge in [0.05, 0.1) is 6.04 Å². The minimum Gasteiger partial charge on any atom is -0.357 e. The molecule has 0 saturated heterocycles. The molecule has 0 aromatic carbocycles. The third-order valence-corrected chi connectivity index (χ3v) is 4.87. The largest absolute Gasteiger partial charge is 0.357 e. The van der Waals surface area contributed by atoms with Crippen molar-refractivity contribution in [2.75, 3.05) is 26.2 Å². The molecule has 138 valence electrons. The number of thiophene rings is 1. The van der Waals surface area contributed by atoms with Gasteiger partial charge in [-0.1, -0.05) is 13.8 Å². The molecular formula is C17H29N7S. The van der Waals surface area contributed by atoms with Crippen molar-refractivity contribution in [1.29, 1.82) is 0 Å². The fourth-order valence-electron chi connectivity index (χ4n) is 2.73. The molecule has 2 aromatic heterocycles. The van der Waals surface area contributed by atoms with E-state index in [1.807, 2.05) is 7.05 Å². The highest BCUT2D eigenvalue weighted by atomic mass is 32.1. The van der Waals surface area contributed by atoms with Crippen LogP contribution in [-0.2, 0) is 13.6 Å². The lowest BCUT2D eigenvalue weighted by Crippen LogP contribution is -2.43. The summed E-state index contributed by atoms with van der Waals surface area (Å²) in [5.74, 6) is 1.65. The molecule has 0 aliphatic carbocycles. The maximum atomic E-state index is 4.64. The van der Waals surface area contributed by atoms with E-state index < -0.39 is 0 Å². The molecule has 2 aromatic rings. The first-order chi connectivity index (χ1) is 12.2. The van der Waals surface area contributed by atoms with Gasteiger partial charge in [-0.25, -0.2) is 9.98 Å². The molecule has 2 rings (SSSR count). The highest BCUT2D eigenvalue weighted by Crippen LogP contribution is 2.22. The number of nitrogens with one attached hydrogen (secondary N) is 2. The SMILES string of the molecule is CCNC(=NCc1ncnn1C)NCC(c1ccsc1)N(CC)CC. The van der Waals surface area contributed by atoms with Crippen molar-refractivity contribution in [3.63, 3.8) is 0 Å². The van der Waals surface area contributed by atoms with E-state index in [-0.39, 0.29) is 0 Å². The van der Waals surface area contributed by atoms with Crippen molar-refractivity contribution in [3.8, 4) is 0 Å². The average Bonchev–Trinajstić information content (AvgIpc) is 3.28. The molecular weight excluding hydrogens is 334 g/mol. The number of hydrogen-bond acceptors (Lipinski definition) is 5. The zero-order valence-corrected chi connectivity index (χ0v) is 16.4. The molecule has 0 fully saturated rings. The summed E-state index contributed by atoms with van der Waals surface area (Å²) in [6, 6.07) is 2.54. The average molecular weight is 364 g/mol. The molecule has 8 heteroatoms. The third-order valence-electron chi connectivity index (χ3n) is 4.17. The van der Waals surface area contributed by atoms with E-state index in [1.54, 1.807) is 22.3 Å². The molecule has 0 saturated carbocycles. The molecule has 1 atom stereocenters. The Labute approximate surface area is 154 Å². The molecule has 0 aliphatic rings. The Kier molecular flexibility index (Phi) is 7.87. The van der Waals surface area contributed by atoms with Crippen LogP contribution >= 0.6 is 11.3 Å². The quantitative estimate of drug-likeness (QED) is 0.527. The summed E-state index contributed by atoms with van der Waals surface area (Å²) >= 11 is 1.74. The van der Waals surface area contributed by atoms with Crippen molar-refractivity contribution < 1.29 is 0 Å². The normalized spacial score (nSPS) is 13.2. The number of likely N-dealkylation sites (N-methyl/N-ethyl adjacent to an activating group) is 1. The maximum Gasteiger partial charge on any atom is 0.191 e. The Morgan fingerprint density at radius 2 is 2.12 bits per heavy atom. The van der Waals surface area contributed by atoms with Crippen molar-refractivity contribution in [3.05, 3.63) is 34.5 Å². The van der Waals surface area contributed by atoms with Gasteiger partial charge in [0.1, 0.15) is 18.7 Å². The van der Waals surface area contributed by atoms with Gasteiger partial charge >= 0.3 is 0 Å². The molecule has 25 heavy (non-hydrogen) atoms. The summed E-state index contributed by atoms with van der Waals surface area (Å²) in [5.41, 5.74) is 1.35. The van der Waals surface area contributed by atoms with Crippen LogP contribution in [0.15, 0.2) is 28.1 Å². The minimum absolute atomic E-state index is 0.333. The van der Waals surface area contributed by atoms with Gasteiger partial charge in [-0.2, -0.15) is 16.4 Å². The second kappa shape index (κ2) is 10.1. The van der Waals surface area contributed by atoms with Gasteiger partial charge in [-0.3, -0.25) is 9.58 Å². The summed E-state index contributed by atoms with van der Waals surface area (Å²) < 4.78 is 1.75. The topological polar surface area (TPSA) is 70.4 Å². The Morgan fingerprint density at radius 3 is 2.68 bits per heavy atom. The lowest BCUT2D eigenvalue weighted by Gasteiger charge is -2.30. The lowest BCUT2D eigenvalue weighted by molar-refractivity contribution is 0.219. The van der Waals surface area contributed by atoms with Crippen LogP contribution in [0.4, 0.5) is 0 Å². The Balaban J connectivity index is 2.05. The van der Waals surface area contributed by atoms with Gasteiger partial charge < -0.3 is 10.6 Å². The summed E-state index contributed by atoms with van der Waals surface area (Å²) in [4.78, 5) is 11.3. The van der Waals surface area contributed by atoms with E-state index >= 15 is 0 Å². The van der Waals surface area contributed by atoms with Crippen LogP contribution in [0.1, 0.15) is 38.2 Å². The van der Waals surface area contributed by atoms with Gasteiger partial charge in [0.2, 0.25) is 0 Å². The summed E-state index contributed by atoms with van der Waals surface area (Å²) in [5, 5.41) is 15.2. The monoisotopic (exact) mass is 363 g/mol. The predicted octanol–water partition coefficient (Wildman–Crippen LogP) is 2.01. The predicted molar refractivity (Wildman–Crippen MR) is 104 cm³/mol. The minimum atomic E-state index is 0.333. The van der Waals surface area contributed by atoms with E-state index in [9.17, 15) is 0 Å². The van der Waals surface area contributed by atoms with Gasteiger partial charge in [0, 0.05) is 20.1 Å². The number of rotatable bonds is 9. The van der Waals surface area contributed by atoms with Crippen LogP contribution in [0.2, 0.25) is 0 Å². The zero-order valence-electron chi connectivity index (χ0n) is 15.6. The number of guanidine groups is 1. The van der Waals surface area contributed by atoms with E-state index in [1.165, 1.54) is 5.56 Å². The van der Waals surface area contributed by atoms with Gasteiger partial charge in [0.25, 0.3) is 0 Å².